The van der Waals surface area contributed by atoms with E-state index in [4.69, 9.17) is 11.6 Å². The summed E-state index contributed by atoms with van der Waals surface area (Å²) >= 11 is 5.78. The summed E-state index contributed by atoms with van der Waals surface area (Å²) in [5.41, 5.74) is 0.223. The molecule has 2 nitrogen and oxygen atoms in total. The fourth-order valence-corrected chi connectivity index (χ4v) is 2.48. The van der Waals surface area contributed by atoms with Crippen molar-refractivity contribution in [2.24, 2.45) is 0 Å². The van der Waals surface area contributed by atoms with Gasteiger partial charge in [-0.25, -0.2) is 4.39 Å². The summed E-state index contributed by atoms with van der Waals surface area (Å²) < 4.78 is 14.0. The highest BCUT2D eigenvalue weighted by Gasteiger charge is 2.32. The lowest BCUT2D eigenvalue weighted by Gasteiger charge is -2.30. The number of aliphatic hydroxyl groups excluding tert-OH is 2. The number of halogens is 2. The minimum atomic E-state index is -0.924. The number of benzene rings is 2. The Bertz CT molecular complexity index is 568. The van der Waals surface area contributed by atoms with Crippen molar-refractivity contribution < 1.29 is 14.6 Å². The van der Waals surface area contributed by atoms with E-state index >= 15 is 0 Å². The second-order valence-corrected chi connectivity index (χ2v) is 5.26. The van der Waals surface area contributed by atoms with Crippen molar-refractivity contribution in [1.82, 2.24) is 0 Å². The Balaban J connectivity index is 2.42. The van der Waals surface area contributed by atoms with Gasteiger partial charge in [-0.15, -0.1) is 0 Å². The molecule has 0 aliphatic heterocycles. The average Bonchev–Trinajstić information content (AvgIpc) is 2.50. The molecule has 0 atom stereocenters. The zero-order valence-corrected chi connectivity index (χ0v) is 11.6. The maximum Gasteiger partial charge on any atom is 0.145 e. The van der Waals surface area contributed by atoms with Crippen LogP contribution in [-0.2, 0) is 11.8 Å². The van der Waals surface area contributed by atoms with E-state index in [9.17, 15) is 14.6 Å². The van der Waals surface area contributed by atoms with Gasteiger partial charge in [0.15, 0.2) is 0 Å². The highest BCUT2D eigenvalue weighted by Crippen LogP contribution is 2.30. The molecule has 2 aromatic rings. The molecule has 2 aromatic carbocycles. The van der Waals surface area contributed by atoms with Crippen LogP contribution in [0.4, 0.5) is 4.39 Å². The van der Waals surface area contributed by atoms with Gasteiger partial charge >= 0.3 is 0 Å². The first kappa shape index (κ1) is 15.0. The van der Waals surface area contributed by atoms with Gasteiger partial charge in [0.25, 0.3) is 0 Å². The van der Waals surface area contributed by atoms with Crippen molar-refractivity contribution in [2.45, 2.75) is 11.8 Å². The SMILES string of the molecule is OCC(CO)(Cc1cccc(Cl)c1F)c1ccccc1. The molecule has 0 radical (unpaired) electrons. The van der Waals surface area contributed by atoms with Crippen LogP contribution >= 0.6 is 11.6 Å². The van der Waals surface area contributed by atoms with E-state index < -0.39 is 11.2 Å². The molecule has 0 heterocycles. The van der Waals surface area contributed by atoms with Crippen molar-refractivity contribution >= 4 is 11.6 Å². The van der Waals surface area contributed by atoms with Gasteiger partial charge in [0.05, 0.1) is 18.2 Å². The molecule has 2 N–H and O–H groups in total. The third kappa shape index (κ3) is 2.85. The number of hydrogen-bond acceptors (Lipinski definition) is 2. The monoisotopic (exact) mass is 294 g/mol. The van der Waals surface area contributed by atoms with Gasteiger partial charge in [0.2, 0.25) is 0 Å². The molecular weight excluding hydrogens is 279 g/mol. The van der Waals surface area contributed by atoms with Crippen LogP contribution < -0.4 is 0 Å². The molecule has 106 valence electrons. The average molecular weight is 295 g/mol. The maximum absolute atomic E-state index is 14.0. The quantitative estimate of drug-likeness (QED) is 0.890. The summed E-state index contributed by atoms with van der Waals surface area (Å²) in [5.74, 6) is -0.503. The molecule has 0 unspecified atom stereocenters. The minimum absolute atomic E-state index is 0.0420. The Morgan fingerprint density at radius 2 is 1.60 bits per heavy atom. The molecular formula is C16H16ClFO2. The Hall–Kier alpha value is -1.42. The van der Waals surface area contributed by atoms with E-state index in [0.717, 1.165) is 5.56 Å². The molecule has 0 aliphatic rings. The summed E-state index contributed by atoms with van der Waals surface area (Å²) in [6.07, 6.45) is 0.177. The number of hydrogen-bond donors (Lipinski definition) is 2. The smallest absolute Gasteiger partial charge is 0.145 e. The van der Waals surface area contributed by atoms with Crippen LogP contribution in [0.1, 0.15) is 11.1 Å². The van der Waals surface area contributed by atoms with Crippen molar-refractivity contribution in [3.05, 3.63) is 70.5 Å². The van der Waals surface area contributed by atoms with Gasteiger partial charge in [-0.05, 0) is 23.6 Å². The van der Waals surface area contributed by atoms with Crippen LogP contribution in [0.15, 0.2) is 48.5 Å². The topological polar surface area (TPSA) is 40.5 Å². The lowest BCUT2D eigenvalue weighted by atomic mass is 9.77. The highest BCUT2D eigenvalue weighted by molar-refractivity contribution is 6.30. The van der Waals surface area contributed by atoms with Crippen molar-refractivity contribution in [3.8, 4) is 0 Å². The second kappa shape index (κ2) is 6.35. The standard InChI is InChI=1S/C16H16ClFO2/c17-14-8-4-5-12(15(14)18)9-16(10-19,11-20)13-6-2-1-3-7-13/h1-8,19-20H,9-11H2. The molecule has 0 fully saturated rings. The molecule has 0 spiro atoms. The number of rotatable bonds is 5. The van der Waals surface area contributed by atoms with E-state index in [2.05, 4.69) is 0 Å². The normalized spacial score (nSPS) is 11.6. The van der Waals surface area contributed by atoms with E-state index in [-0.39, 0.29) is 24.7 Å². The third-order valence-electron chi connectivity index (χ3n) is 3.55. The molecule has 0 saturated heterocycles. The first-order valence-corrected chi connectivity index (χ1v) is 6.71. The summed E-state index contributed by atoms with van der Waals surface area (Å²) in [6.45, 7) is -0.557. The van der Waals surface area contributed by atoms with Crippen LogP contribution in [0.5, 0.6) is 0 Å². The van der Waals surface area contributed by atoms with Gasteiger partial charge in [0, 0.05) is 5.41 Å². The molecule has 0 saturated carbocycles. The molecule has 2 rings (SSSR count). The molecule has 0 amide bonds. The first-order chi connectivity index (χ1) is 9.63. The van der Waals surface area contributed by atoms with Gasteiger partial charge in [0.1, 0.15) is 5.82 Å². The Morgan fingerprint density at radius 1 is 0.950 bits per heavy atom. The van der Waals surface area contributed by atoms with E-state index in [1.807, 2.05) is 30.3 Å². The first-order valence-electron chi connectivity index (χ1n) is 6.33. The summed E-state index contributed by atoms with van der Waals surface area (Å²) in [5, 5.41) is 19.5. The van der Waals surface area contributed by atoms with Crippen LogP contribution in [-0.4, -0.2) is 23.4 Å². The lowest BCUT2D eigenvalue weighted by molar-refractivity contribution is 0.115. The minimum Gasteiger partial charge on any atom is -0.395 e. The summed E-state index contributed by atoms with van der Waals surface area (Å²) in [7, 11) is 0. The van der Waals surface area contributed by atoms with E-state index in [1.165, 1.54) is 6.07 Å². The zero-order chi connectivity index (χ0) is 14.6. The van der Waals surface area contributed by atoms with Crippen LogP contribution in [0, 0.1) is 5.82 Å². The molecule has 0 aliphatic carbocycles. The fourth-order valence-electron chi connectivity index (χ4n) is 2.29. The van der Waals surface area contributed by atoms with Gasteiger partial charge in [-0.2, -0.15) is 0 Å². The Morgan fingerprint density at radius 3 is 2.20 bits per heavy atom. The third-order valence-corrected chi connectivity index (χ3v) is 3.84. The van der Waals surface area contributed by atoms with E-state index in [0.29, 0.717) is 5.56 Å². The zero-order valence-electron chi connectivity index (χ0n) is 10.9. The summed E-state index contributed by atoms with van der Waals surface area (Å²) in [4.78, 5) is 0. The Labute approximate surface area is 122 Å². The molecule has 0 bridgehead atoms. The largest absolute Gasteiger partial charge is 0.395 e. The van der Waals surface area contributed by atoms with Crippen LogP contribution in [0.2, 0.25) is 5.02 Å². The predicted molar refractivity (Wildman–Crippen MR) is 77.4 cm³/mol. The van der Waals surface area contributed by atoms with Crippen molar-refractivity contribution in [2.75, 3.05) is 13.2 Å². The maximum atomic E-state index is 14.0. The molecule has 0 aromatic heterocycles. The van der Waals surface area contributed by atoms with Gasteiger partial charge in [-0.3, -0.25) is 0 Å². The summed E-state index contributed by atoms with van der Waals surface area (Å²) in [6, 6.07) is 13.9. The fraction of sp³-hybridized carbons (Fsp3) is 0.250. The number of aliphatic hydroxyl groups is 2. The van der Waals surface area contributed by atoms with Gasteiger partial charge in [-0.1, -0.05) is 54.1 Å². The molecule has 20 heavy (non-hydrogen) atoms. The lowest BCUT2D eigenvalue weighted by Crippen LogP contribution is -2.37. The van der Waals surface area contributed by atoms with Crippen LogP contribution in [0.3, 0.4) is 0 Å². The highest BCUT2D eigenvalue weighted by atomic mass is 35.5. The predicted octanol–water partition coefficient (Wildman–Crippen LogP) is 2.94. The van der Waals surface area contributed by atoms with Crippen LogP contribution in [0.25, 0.3) is 0 Å². The van der Waals surface area contributed by atoms with Crippen molar-refractivity contribution in [3.63, 3.8) is 0 Å². The van der Waals surface area contributed by atoms with E-state index in [1.54, 1.807) is 12.1 Å². The molecule has 4 heteroatoms. The second-order valence-electron chi connectivity index (χ2n) is 4.85. The van der Waals surface area contributed by atoms with Gasteiger partial charge < -0.3 is 10.2 Å². The van der Waals surface area contributed by atoms with Crippen molar-refractivity contribution in [1.29, 1.82) is 0 Å². The Kier molecular flexibility index (Phi) is 4.76.